The molecule has 5 heteroatoms. The summed E-state index contributed by atoms with van der Waals surface area (Å²) in [6, 6.07) is 3.40. The Kier molecular flexibility index (Phi) is 5.69. The lowest BCUT2D eigenvalue weighted by Crippen LogP contribution is -2.07. The second kappa shape index (κ2) is 6.81. The van der Waals surface area contributed by atoms with E-state index < -0.39 is 0 Å². The Labute approximate surface area is 116 Å². The van der Waals surface area contributed by atoms with Crippen LogP contribution in [0.25, 0.3) is 0 Å². The topological polar surface area (TPSA) is 43.4 Å². The van der Waals surface area contributed by atoms with Gasteiger partial charge in [-0.1, -0.05) is 11.6 Å². The van der Waals surface area contributed by atoms with Gasteiger partial charge >= 0.3 is 5.97 Å². The van der Waals surface area contributed by atoms with Crippen LogP contribution in [0.15, 0.2) is 17.0 Å². The molecule has 0 heterocycles. The van der Waals surface area contributed by atoms with Gasteiger partial charge < -0.3 is 4.74 Å². The number of benzene rings is 1. The lowest BCUT2D eigenvalue weighted by molar-refractivity contribution is -0.114. The van der Waals surface area contributed by atoms with Crippen molar-refractivity contribution in [2.75, 3.05) is 12.4 Å². The molecule has 0 bridgehead atoms. The second-order valence-electron chi connectivity index (χ2n) is 3.81. The molecule has 0 aliphatic rings. The fourth-order valence-corrected chi connectivity index (χ4v) is 2.52. The molecule has 3 nitrogen and oxygen atoms in total. The average molecular weight is 287 g/mol. The van der Waals surface area contributed by atoms with E-state index in [1.54, 1.807) is 13.0 Å². The number of ketones is 1. The number of aryl methyl sites for hydroxylation is 1. The van der Waals surface area contributed by atoms with Crippen LogP contribution in [0.1, 0.15) is 29.8 Å². The first kappa shape index (κ1) is 15.1. The third-order valence-electron chi connectivity index (χ3n) is 2.21. The minimum atomic E-state index is -0.375. The Morgan fingerprint density at radius 1 is 1.39 bits per heavy atom. The highest BCUT2D eigenvalue weighted by atomic mass is 35.5. The lowest BCUT2D eigenvalue weighted by Gasteiger charge is -2.09. The van der Waals surface area contributed by atoms with Gasteiger partial charge in [-0.3, -0.25) is 4.79 Å². The summed E-state index contributed by atoms with van der Waals surface area (Å²) in [6.07, 6.45) is 0. The van der Waals surface area contributed by atoms with Crippen LogP contribution < -0.4 is 0 Å². The van der Waals surface area contributed by atoms with E-state index in [1.165, 1.54) is 18.7 Å². The zero-order chi connectivity index (χ0) is 13.7. The smallest absolute Gasteiger partial charge is 0.338 e. The molecule has 0 aromatic heterocycles. The normalized spacial score (nSPS) is 10.2. The summed E-state index contributed by atoms with van der Waals surface area (Å²) in [7, 11) is 0. The summed E-state index contributed by atoms with van der Waals surface area (Å²) in [5.74, 6) is 0.0842. The first-order valence-electron chi connectivity index (χ1n) is 5.55. The molecule has 1 aromatic carbocycles. The number of ether oxygens (including phenoxy) is 1. The van der Waals surface area contributed by atoms with Gasteiger partial charge in [-0.2, -0.15) is 0 Å². The van der Waals surface area contributed by atoms with Gasteiger partial charge in [0.15, 0.2) is 0 Å². The monoisotopic (exact) mass is 286 g/mol. The van der Waals surface area contributed by atoms with Crippen molar-refractivity contribution in [1.29, 1.82) is 0 Å². The first-order chi connectivity index (χ1) is 8.45. The highest BCUT2D eigenvalue weighted by Gasteiger charge is 2.14. The molecule has 0 aliphatic heterocycles. The molecule has 98 valence electrons. The summed E-state index contributed by atoms with van der Waals surface area (Å²) in [5.41, 5.74) is 1.26. The number of Topliss-reactive ketones (excluding diaryl/α,β-unsaturated/α-hetero) is 1. The summed E-state index contributed by atoms with van der Waals surface area (Å²) in [5, 5.41) is 0.468. The molecular weight excluding hydrogens is 272 g/mol. The molecule has 0 atom stereocenters. The fraction of sp³-hybridized carbons (Fsp3) is 0.385. The molecule has 18 heavy (non-hydrogen) atoms. The summed E-state index contributed by atoms with van der Waals surface area (Å²) >= 11 is 7.46. The van der Waals surface area contributed by atoms with Gasteiger partial charge in [0.2, 0.25) is 0 Å². The van der Waals surface area contributed by atoms with Crippen molar-refractivity contribution >= 4 is 35.1 Å². The molecule has 0 saturated carbocycles. The zero-order valence-corrected chi connectivity index (χ0v) is 12.2. The van der Waals surface area contributed by atoms with Gasteiger partial charge in [-0.05, 0) is 38.5 Å². The van der Waals surface area contributed by atoms with E-state index in [0.29, 0.717) is 22.9 Å². The molecule has 0 saturated heterocycles. The maximum Gasteiger partial charge on any atom is 0.338 e. The van der Waals surface area contributed by atoms with E-state index in [4.69, 9.17) is 16.3 Å². The lowest BCUT2D eigenvalue weighted by atomic mass is 10.1. The number of carbonyl (C=O) groups is 2. The van der Waals surface area contributed by atoms with E-state index in [2.05, 4.69) is 0 Å². The molecule has 0 unspecified atom stereocenters. The average Bonchev–Trinajstić information content (AvgIpc) is 2.29. The predicted octanol–water partition coefficient (Wildman–Crippen LogP) is 3.51. The van der Waals surface area contributed by atoms with Crippen molar-refractivity contribution in [3.8, 4) is 0 Å². The Morgan fingerprint density at radius 3 is 2.61 bits per heavy atom. The standard InChI is InChI=1S/C13H15ClO3S/c1-4-17-13(16)10-6-11(14)12(5-8(10)2)18-7-9(3)15/h5-6H,4,7H2,1-3H3. The molecule has 0 radical (unpaired) electrons. The van der Waals surface area contributed by atoms with Crippen LogP contribution in [-0.2, 0) is 9.53 Å². The molecule has 1 aromatic rings. The largest absolute Gasteiger partial charge is 0.462 e. The van der Waals surface area contributed by atoms with Gasteiger partial charge in [0.05, 0.1) is 22.9 Å². The van der Waals surface area contributed by atoms with Crippen LogP contribution in [0.3, 0.4) is 0 Å². The zero-order valence-electron chi connectivity index (χ0n) is 10.6. The van der Waals surface area contributed by atoms with Crippen LogP contribution >= 0.6 is 23.4 Å². The minimum Gasteiger partial charge on any atom is -0.462 e. The van der Waals surface area contributed by atoms with Crippen LogP contribution in [-0.4, -0.2) is 24.1 Å². The number of esters is 1. The van der Waals surface area contributed by atoms with Gasteiger partial charge in [0.25, 0.3) is 0 Å². The molecule has 0 amide bonds. The summed E-state index contributed by atoms with van der Waals surface area (Å²) in [6.45, 7) is 5.43. The molecular formula is C13H15ClO3S. The number of halogens is 1. The highest BCUT2D eigenvalue weighted by molar-refractivity contribution is 8.00. The molecule has 0 fully saturated rings. The van der Waals surface area contributed by atoms with E-state index in [9.17, 15) is 9.59 Å². The number of hydrogen-bond acceptors (Lipinski definition) is 4. The van der Waals surface area contributed by atoms with Crippen molar-refractivity contribution in [1.82, 2.24) is 0 Å². The maximum absolute atomic E-state index is 11.7. The molecule has 1 rings (SSSR count). The third kappa shape index (κ3) is 4.03. The summed E-state index contributed by atoms with van der Waals surface area (Å²) in [4.78, 5) is 23.4. The Bertz CT molecular complexity index is 472. The quantitative estimate of drug-likeness (QED) is 0.614. The van der Waals surface area contributed by atoms with Crippen molar-refractivity contribution in [2.24, 2.45) is 0 Å². The van der Waals surface area contributed by atoms with Gasteiger partial charge in [0, 0.05) is 4.90 Å². The number of carbonyl (C=O) groups excluding carboxylic acids is 2. The van der Waals surface area contributed by atoms with E-state index in [-0.39, 0.29) is 11.8 Å². The molecule has 0 spiro atoms. The molecule has 0 aliphatic carbocycles. The maximum atomic E-state index is 11.7. The minimum absolute atomic E-state index is 0.0863. The fourth-order valence-electron chi connectivity index (χ4n) is 1.37. The van der Waals surface area contributed by atoms with Crippen LogP contribution in [0.5, 0.6) is 0 Å². The van der Waals surface area contributed by atoms with Crippen LogP contribution in [0.4, 0.5) is 0 Å². The van der Waals surface area contributed by atoms with E-state index in [0.717, 1.165) is 10.5 Å². The van der Waals surface area contributed by atoms with E-state index in [1.807, 2.05) is 13.0 Å². The van der Waals surface area contributed by atoms with Crippen molar-refractivity contribution < 1.29 is 14.3 Å². The number of rotatable bonds is 5. The summed E-state index contributed by atoms with van der Waals surface area (Å²) < 4.78 is 4.94. The molecule has 0 N–H and O–H groups in total. The van der Waals surface area contributed by atoms with E-state index >= 15 is 0 Å². The second-order valence-corrected chi connectivity index (χ2v) is 5.23. The van der Waals surface area contributed by atoms with Gasteiger partial charge in [-0.25, -0.2) is 4.79 Å². The van der Waals surface area contributed by atoms with Gasteiger partial charge in [-0.15, -0.1) is 11.8 Å². The van der Waals surface area contributed by atoms with Crippen LogP contribution in [0, 0.1) is 6.92 Å². The van der Waals surface area contributed by atoms with Crippen molar-refractivity contribution in [3.05, 3.63) is 28.3 Å². The number of thioether (sulfide) groups is 1. The number of hydrogen-bond donors (Lipinski definition) is 0. The SMILES string of the molecule is CCOC(=O)c1cc(Cl)c(SCC(C)=O)cc1C. The van der Waals surface area contributed by atoms with Crippen molar-refractivity contribution in [3.63, 3.8) is 0 Å². The van der Waals surface area contributed by atoms with Crippen molar-refractivity contribution in [2.45, 2.75) is 25.7 Å². The predicted molar refractivity (Wildman–Crippen MR) is 73.6 cm³/mol. The van der Waals surface area contributed by atoms with Crippen LogP contribution in [0.2, 0.25) is 5.02 Å². The Hall–Kier alpha value is -1.00. The highest BCUT2D eigenvalue weighted by Crippen LogP contribution is 2.30. The third-order valence-corrected chi connectivity index (χ3v) is 3.83. The first-order valence-corrected chi connectivity index (χ1v) is 6.91. The Morgan fingerprint density at radius 2 is 2.06 bits per heavy atom. The Balaban J connectivity index is 2.96. The van der Waals surface area contributed by atoms with Gasteiger partial charge in [0.1, 0.15) is 5.78 Å².